The largest absolute Gasteiger partial charge is 0.508 e. The zero-order chi connectivity index (χ0) is 96.7. The van der Waals surface area contributed by atoms with Crippen LogP contribution in [0.1, 0.15) is 200 Å². The number of alkyl halides is 1. The lowest BCUT2D eigenvalue weighted by atomic mass is 9.78. The second-order valence-corrected chi connectivity index (χ2v) is 42.7. The third-order valence-corrected chi connectivity index (χ3v) is 26.6. The van der Waals surface area contributed by atoms with Crippen LogP contribution in [0, 0.1) is 12.8 Å². The standard InChI is InChI=1S/C21H25BN2O5S.C20H26BrN3O.C20H32N2O3.C16H23NO3.C15H24N2O.C5H3BrClN.C5H11Cl.CH4/c1-14-7-9-15(10-8-14)30(26,27)24-12-11-16-17(13-23(6)19(25)18(16)24)22-28-20(2,3)21(4,5)29-22;1-23(2)13-14-25-19-6-3-16(4-7-19)17-9-11-24(12-10-17)20-8-5-18(21)15-22-20;1-20(2,3)25-19(23)22-12-10-17(11-13-22)16-6-8-18(9-7-16)24-15-14-21(4)5;1-16(2,3)20-15(19)17-10-8-13(9-11-17)12-4-6-14(18)7-5-12;1-17(2)11-12-18-15-5-3-13(4-6-15)14-7-9-16-10-8-14;6-4-1-2-5(7)8-3-4;1-5(2)3-4-6;/h7-13H,1-6H3;3-8,15,17H,9-14H2,1-2H3;6-9,17H,10-15H2,1-5H3;4-7,13,18H,8-11H2,1-3H3;3-6,14,16H,7-12H2,1-2H3;1-3H;5H,3-4H2,1-2H3;1H4. The molecule has 0 unspecified atom stereocenters. The van der Waals surface area contributed by atoms with Crippen molar-refractivity contribution in [3.05, 3.63) is 229 Å². The van der Waals surface area contributed by atoms with E-state index in [0.717, 1.165) is 177 Å². The number of rotatable bonds is 22. The Kier molecular flexibility index (Phi) is 44.9. The Morgan fingerprint density at radius 3 is 1.30 bits per heavy atom. The second-order valence-electron chi connectivity index (χ2n) is 38.3. The number of anilines is 1. The van der Waals surface area contributed by atoms with Crippen molar-refractivity contribution in [2.45, 2.75) is 206 Å². The minimum atomic E-state index is -3.94. The van der Waals surface area contributed by atoms with Gasteiger partial charge in [0.05, 0.1) is 16.1 Å². The second kappa shape index (κ2) is 53.5. The molecule has 5 saturated heterocycles. The zero-order valence-electron chi connectivity index (χ0n) is 81.4. The number of aromatic hydroxyl groups is 1. The van der Waals surface area contributed by atoms with Crippen LogP contribution in [0.2, 0.25) is 5.15 Å². The summed E-state index contributed by atoms with van der Waals surface area (Å²) in [6.45, 7) is 37.7. The van der Waals surface area contributed by atoms with Gasteiger partial charge in [-0.05, 0) is 364 Å². The minimum absolute atomic E-state index is 0. The number of aromatic nitrogens is 4. The van der Waals surface area contributed by atoms with Crippen LogP contribution >= 0.6 is 55.1 Å². The molecule has 0 bridgehead atoms. The first-order valence-corrected chi connectivity index (χ1v) is 50.0. The number of nitrogens with zero attached hydrogens (tertiary/aromatic N) is 10. The third kappa shape index (κ3) is 37.0. The average Bonchev–Trinajstić information content (AvgIpc) is 1.58. The Morgan fingerprint density at radius 2 is 0.955 bits per heavy atom. The number of halogens is 4. The first kappa shape index (κ1) is 112. The van der Waals surface area contributed by atoms with Crippen LogP contribution < -0.4 is 35.4 Å². The molecule has 5 fully saturated rings. The van der Waals surface area contributed by atoms with Gasteiger partial charge in [-0.2, -0.15) is 0 Å². The fourth-order valence-corrected chi connectivity index (χ4v) is 17.4. The van der Waals surface area contributed by atoms with Crippen LogP contribution in [-0.2, 0) is 35.9 Å². The number of benzene rings is 5. The number of likely N-dealkylation sites (tertiary alicyclic amines) is 2. The van der Waals surface area contributed by atoms with E-state index in [4.69, 9.17) is 56.2 Å². The maximum atomic E-state index is 13.3. The molecule has 0 atom stereocenters. The number of carbonyl (C=O) groups is 2. The summed E-state index contributed by atoms with van der Waals surface area (Å²) in [5.41, 5.74) is 4.66. The first-order valence-electron chi connectivity index (χ1n) is 46.0. The Hall–Kier alpha value is -8.26. The molecule has 730 valence electrons. The zero-order valence-corrected chi connectivity index (χ0v) is 86.9. The van der Waals surface area contributed by atoms with E-state index in [9.17, 15) is 27.9 Å². The van der Waals surface area contributed by atoms with Gasteiger partial charge < -0.3 is 77.4 Å². The van der Waals surface area contributed by atoms with E-state index < -0.39 is 45.1 Å². The van der Waals surface area contributed by atoms with E-state index in [0.29, 0.717) is 46.1 Å². The molecule has 5 aromatic carbocycles. The number of likely N-dealkylation sites (N-methyl/N-ethyl adjacent to an activating group) is 3. The molecule has 30 heteroatoms. The molecule has 24 nitrogen and oxygen atoms in total. The van der Waals surface area contributed by atoms with Crippen molar-refractivity contribution < 1.29 is 56.1 Å². The fourth-order valence-electron chi connectivity index (χ4n) is 15.0. The number of fused-ring (bicyclic) bond motifs is 1. The number of hydrogen-bond donors (Lipinski definition) is 2. The van der Waals surface area contributed by atoms with Gasteiger partial charge in [-0.25, -0.2) is 31.9 Å². The lowest BCUT2D eigenvalue weighted by Crippen LogP contribution is -2.41. The summed E-state index contributed by atoms with van der Waals surface area (Å²) < 4.78 is 71.3. The predicted molar refractivity (Wildman–Crippen MR) is 551 cm³/mol. The number of piperidine rings is 4. The van der Waals surface area contributed by atoms with Crippen LogP contribution in [-0.4, -0.2) is 238 Å². The van der Waals surface area contributed by atoms with Gasteiger partial charge in [0.1, 0.15) is 70.5 Å². The Labute approximate surface area is 820 Å². The maximum absolute atomic E-state index is 13.3. The Morgan fingerprint density at radius 1 is 0.571 bits per heavy atom. The number of nitrogens with one attached hydrogen (secondary N) is 1. The lowest BCUT2D eigenvalue weighted by Gasteiger charge is -2.33. The van der Waals surface area contributed by atoms with Crippen molar-refractivity contribution in [2.24, 2.45) is 13.0 Å². The van der Waals surface area contributed by atoms with Crippen molar-refractivity contribution in [1.82, 2.24) is 48.3 Å². The molecule has 0 radical (unpaired) electrons. The summed E-state index contributed by atoms with van der Waals surface area (Å²) in [4.78, 5) is 57.8. The number of hydrogen-bond acceptors (Lipinski definition) is 20. The van der Waals surface area contributed by atoms with Gasteiger partial charge in [0.25, 0.3) is 15.6 Å². The van der Waals surface area contributed by atoms with Gasteiger partial charge in [-0.3, -0.25) is 4.79 Å². The van der Waals surface area contributed by atoms with Crippen LogP contribution in [0.3, 0.4) is 0 Å². The highest BCUT2D eigenvalue weighted by atomic mass is 79.9. The maximum Gasteiger partial charge on any atom is 0.497 e. The number of phenolic OH excluding ortho intramolecular Hbond substituents is 1. The highest BCUT2D eigenvalue weighted by Crippen LogP contribution is 2.39. The van der Waals surface area contributed by atoms with Gasteiger partial charge in [0.2, 0.25) is 0 Å². The predicted octanol–water partition coefficient (Wildman–Crippen LogP) is 21.1. The number of carbonyl (C=O) groups excluding carboxylic acids is 2. The molecule has 9 aromatic rings. The molecular formula is C103H148BBr2Cl2N11O13S. The number of amides is 2. The van der Waals surface area contributed by atoms with E-state index in [1.165, 1.54) is 58.7 Å². The normalized spacial score (nSPS) is 16.0. The third-order valence-electron chi connectivity index (χ3n) is 23.5. The molecule has 2 amide bonds. The van der Waals surface area contributed by atoms with Crippen LogP contribution in [0.4, 0.5) is 15.4 Å². The summed E-state index contributed by atoms with van der Waals surface area (Å²) in [5.74, 6) is 8.09. The number of ether oxygens (including phenoxy) is 5. The average molecular weight is 2020 g/mol. The van der Waals surface area contributed by atoms with Gasteiger partial charge in [-0.15, -0.1) is 11.6 Å². The monoisotopic (exact) mass is 2020 g/mol. The van der Waals surface area contributed by atoms with Gasteiger partial charge in [0.15, 0.2) is 0 Å². The van der Waals surface area contributed by atoms with E-state index in [1.807, 2.05) is 132 Å². The van der Waals surface area contributed by atoms with Gasteiger partial charge in [0, 0.05) is 116 Å². The smallest absolute Gasteiger partial charge is 0.497 e. The van der Waals surface area contributed by atoms with Crippen molar-refractivity contribution in [3.8, 4) is 23.0 Å². The molecule has 2 N–H and O–H groups in total. The molecule has 0 aliphatic carbocycles. The highest BCUT2D eigenvalue weighted by molar-refractivity contribution is 9.10. The minimum Gasteiger partial charge on any atom is -0.508 e. The Balaban J connectivity index is 0.000000220. The topological polar surface area (TPSA) is 237 Å². The molecule has 5 aliphatic heterocycles. The molecule has 14 rings (SSSR count). The molecule has 5 aliphatic rings. The van der Waals surface area contributed by atoms with E-state index in [2.05, 4.69) is 182 Å². The van der Waals surface area contributed by atoms with Gasteiger partial charge in [-0.1, -0.05) is 99.1 Å². The van der Waals surface area contributed by atoms with E-state index in [1.54, 1.807) is 72.9 Å². The summed E-state index contributed by atoms with van der Waals surface area (Å²) in [6.07, 6.45) is 16.0. The van der Waals surface area contributed by atoms with E-state index >= 15 is 0 Å². The number of phenols is 1. The quantitative estimate of drug-likeness (QED) is 0.0364. The Bertz CT molecular complexity index is 5080. The SMILES string of the molecule is C.CC(C)(C)OC(=O)N1CCC(c2ccc(O)cc2)CC1.CC(C)CCCl.CN(C)CCOc1ccc(C2CCN(C(=O)OC(C)(C)C)CC2)cc1.CN(C)CCOc1ccc(C2CCN(c3ccc(Br)cn3)CC2)cc1.CN(C)CCOc1ccc(C2CCNCC2)cc1.Cc1ccc(S(=O)(=O)n2ccc3c(B4OC(C)(C)C(C)(C)O4)cn(C)c(=O)c32)cc1.Clc1ccc(Br)cn1. The molecule has 0 spiro atoms. The highest BCUT2D eigenvalue weighted by Gasteiger charge is 2.52. The van der Waals surface area contributed by atoms with Crippen LogP contribution in [0.5, 0.6) is 23.0 Å². The molecule has 133 heavy (non-hydrogen) atoms. The van der Waals surface area contributed by atoms with Gasteiger partial charge >= 0.3 is 19.3 Å². The summed E-state index contributed by atoms with van der Waals surface area (Å²) in [6, 6.07) is 49.0. The molecule has 4 aromatic heterocycles. The van der Waals surface area contributed by atoms with Crippen LogP contribution in [0.25, 0.3) is 10.9 Å². The number of pyridine rings is 3. The number of aryl methyl sites for hydroxylation is 2. The van der Waals surface area contributed by atoms with Crippen LogP contribution in [0.15, 0.2) is 195 Å². The first-order chi connectivity index (χ1) is 62.4. The van der Waals surface area contributed by atoms with Crippen molar-refractivity contribution in [1.29, 1.82) is 0 Å². The molecular weight excluding hydrogens is 1870 g/mol. The van der Waals surface area contributed by atoms with E-state index in [-0.39, 0.29) is 30.0 Å². The summed E-state index contributed by atoms with van der Waals surface area (Å²) >= 11 is 17.5. The molecule has 0 saturated carbocycles. The lowest BCUT2D eigenvalue weighted by molar-refractivity contribution is 0.00578. The molecule has 9 heterocycles. The van der Waals surface area contributed by atoms with Crippen molar-refractivity contribution in [2.75, 3.05) is 145 Å². The fraction of sp³-hybridized carbons (Fsp3) is 0.524. The summed E-state index contributed by atoms with van der Waals surface area (Å²) in [7, 11) is 9.24. The summed E-state index contributed by atoms with van der Waals surface area (Å²) in [5, 5.41) is 13.7. The van der Waals surface area contributed by atoms with Crippen molar-refractivity contribution in [3.63, 3.8) is 0 Å². The van der Waals surface area contributed by atoms with Crippen molar-refractivity contribution >= 4 is 107 Å².